The minimum atomic E-state index is -3.53. The first-order chi connectivity index (χ1) is 19.1. The fraction of sp³-hybridized carbons (Fsp3) is 0.536. The number of benzene rings is 2. The molecule has 0 amide bonds. The van der Waals surface area contributed by atoms with Gasteiger partial charge in [0.2, 0.25) is 16.8 Å². The molecule has 1 saturated heterocycles. The van der Waals surface area contributed by atoms with Gasteiger partial charge in [-0.2, -0.15) is 0 Å². The van der Waals surface area contributed by atoms with Crippen molar-refractivity contribution in [2.24, 2.45) is 5.92 Å². The summed E-state index contributed by atoms with van der Waals surface area (Å²) < 4.78 is 58.7. The third-order valence-electron chi connectivity index (χ3n) is 7.53. The Hall–Kier alpha value is -2.93. The lowest BCUT2D eigenvalue weighted by molar-refractivity contribution is -0.143. The predicted octanol–water partition coefficient (Wildman–Crippen LogP) is 3.01. The number of carboxylic acids is 1. The van der Waals surface area contributed by atoms with Gasteiger partial charge in [-0.1, -0.05) is 19.1 Å². The molecule has 0 saturated carbocycles. The number of sulfonamides is 1. The predicted molar refractivity (Wildman–Crippen MR) is 148 cm³/mol. The van der Waals surface area contributed by atoms with Crippen LogP contribution >= 0.6 is 0 Å². The van der Waals surface area contributed by atoms with Crippen LogP contribution in [0.4, 0.5) is 4.39 Å². The molecule has 0 aliphatic carbocycles. The van der Waals surface area contributed by atoms with Crippen LogP contribution in [-0.2, 0) is 14.8 Å². The molecule has 4 rings (SSSR count). The number of ether oxygens (including phenoxy) is 3. The molecule has 1 N–H and O–H groups in total. The molecule has 2 heterocycles. The largest absolute Gasteiger partial charge is 0.494 e. The molecule has 40 heavy (non-hydrogen) atoms. The lowest BCUT2D eigenvalue weighted by atomic mass is 9.82. The Morgan fingerprint density at radius 1 is 1.10 bits per heavy atom. The van der Waals surface area contributed by atoms with E-state index in [1.165, 1.54) is 23.5 Å². The molecule has 2 aromatic rings. The van der Waals surface area contributed by atoms with Gasteiger partial charge < -0.3 is 24.2 Å². The van der Waals surface area contributed by atoms with Gasteiger partial charge in [0, 0.05) is 44.7 Å². The maximum absolute atomic E-state index is 14.8. The fourth-order valence-electron chi connectivity index (χ4n) is 5.51. The first-order valence-electron chi connectivity index (χ1n) is 13.4. The van der Waals surface area contributed by atoms with E-state index in [2.05, 4.69) is 0 Å². The normalized spacial score (nSPS) is 20.9. The average Bonchev–Trinajstić information content (AvgIpc) is 3.54. The first kappa shape index (κ1) is 30.0. The van der Waals surface area contributed by atoms with Crippen LogP contribution in [0.1, 0.15) is 36.4 Å². The Bertz CT molecular complexity index is 1310. The number of aliphatic carboxylic acids is 1. The van der Waals surface area contributed by atoms with Crippen molar-refractivity contribution in [2.75, 3.05) is 66.5 Å². The van der Waals surface area contributed by atoms with E-state index in [1.54, 1.807) is 18.2 Å². The van der Waals surface area contributed by atoms with Gasteiger partial charge in [0.1, 0.15) is 0 Å². The van der Waals surface area contributed by atoms with E-state index >= 15 is 0 Å². The minimum Gasteiger partial charge on any atom is -0.494 e. The topological polar surface area (TPSA) is 109 Å². The minimum absolute atomic E-state index is 0.00923. The van der Waals surface area contributed by atoms with E-state index in [4.69, 9.17) is 14.2 Å². The number of rotatable bonds is 13. The molecule has 0 aromatic heterocycles. The highest BCUT2D eigenvalue weighted by atomic mass is 32.2. The number of carbonyl (C=O) groups is 1. The second-order valence-electron chi connectivity index (χ2n) is 10.4. The third-order valence-corrected chi connectivity index (χ3v) is 9.38. The summed E-state index contributed by atoms with van der Waals surface area (Å²) in [6.07, 6.45) is 0.645. The van der Waals surface area contributed by atoms with Crippen molar-refractivity contribution >= 4 is 16.0 Å². The van der Waals surface area contributed by atoms with Crippen molar-refractivity contribution in [3.05, 3.63) is 53.3 Å². The van der Waals surface area contributed by atoms with Crippen LogP contribution in [0.25, 0.3) is 0 Å². The quantitative estimate of drug-likeness (QED) is 0.383. The highest BCUT2D eigenvalue weighted by molar-refractivity contribution is 7.89. The summed E-state index contributed by atoms with van der Waals surface area (Å²) in [6, 6.07) is 9.18. The number of halogens is 1. The second-order valence-corrected chi connectivity index (χ2v) is 12.5. The van der Waals surface area contributed by atoms with E-state index in [-0.39, 0.29) is 31.4 Å². The van der Waals surface area contributed by atoms with E-state index in [9.17, 15) is 22.7 Å². The van der Waals surface area contributed by atoms with Crippen LogP contribution in [0.2, 0.25) is 0 Å². The molecule has 1 unspecified atom stereocenters. The van der Waals surface area contributed by atoms with Gasteiger partial charge in [-0.15, -0.1) is 0 Å². The summed E-state index contributed by atoms with van der Waals surface area (Å²) in [5, 5.41) is 10.5. The number of nitrogens with zero attached hydrogens (tertiary/aromatic N) is 3. The fourth-order valence-corrected chi connectivity index (χ4v) is 7.19. The van der Waals surface area contributed by atoms with Gasteiger partial charge in [0.15, 0.2) is 23.1 Å². The SMILES string of the molecule is CCCN(CCN1CC(c2ccc3c(c2)OCO3)[C@H](C(=O)O)[C@H]1c1ccc(OC)c(F)c1)S(=O)(=O)CCN(C)C. The number of hydrogen-bond donors (Lipinski definition) is 1. The van der Waals surface area contributed by atoms with Crippen molar-refractivity contribution in [1.82, 2.24) is 14.1 Å². The van der Waals surface area contributed by atoms with Gasteiger partial charge in [0.25, 0.3) is 0 Å². The van der Waals surface area contributed by atoms with Gasteiger partial charge >= 0.3 is 5.97 Å². The molecule has 10 nitrogen and oxygen atoms in total. The number of fused-ring (bicyclic) bond motifs is 1. The van der Waals surface area contributed by atoms with Crippen molar-refractivity contribution in [1.29, 1.82) is 0 Å². The lowest BCUT2D eigenvalue weighted by Crippen LogP contribution is -2.42. The Labute approximate surface area is 235 Å². The molecule has 2 aromatic carbocycles. The molecule has 0 spiro atoms. The monoisotopic (exact) mass is 579 g/mol. The molecule has 220 valence electrons. The Kier molecular flexibility index (Phi) is 9.55. The smallest absolute Gasteiger partial charge is 0.309 e. The maximum atomic E-state index is 14.8. The molecule has 3 atom stereocenters. The molecule has 12 heteroatoms. The summed E-state index contributed by atoms with van der Waals surface area (Å²) >= 11 is 0. The van der Waals surface area contributed by atoms with Crippen LogP contribution in [0.15, 0.2) is 36.4 Å². The van der Waals surface area contributed by atoms with Crippen molar-refractivity contribution < 1.29 is 36.9 Å². The average molecular weight is 580 g/mol. The highest BCUT2D eigenvalue weighted by Crippen LogP contribution is 2.48. The zero-order chi connectivity index (χ0) is 29.0. The van der Waals surface area contributed by atoms with Crippen LogP contribution < -0.4 is 14.2 Å². The zero-order valence-electron chi connectivity index (χ0n) is 23.4. The van der Waals surface area contributed by atoms with Crippen LogP contribution in [0.3, 0.4) is 0 Å². The molecule has 2 aliphatic rings. The summed E-state index contributed by atoms with van der Waals surface area (Å²) in [5.41, 5.74) is 1.26. The summed E-state index contributed by atoms with van der Waals surface area (Å²) in [4.78, 5) is 16.6. The molecular weight excluding hydrogens is 541 g/mol. The van der Waals surface area contributed by atoms with E-state index in [1.807, 2.05) is 36.9 Å². The number of hydrogen-bond acceptors (Lipinski definition) is 8. The van der Waals surface area contributed by atoms with Gasteiger partial charge in [0.05, 0.1) is 18.8 Å². The summed E-state index contributed by atoms with van der Waals surface area (Å²) in [6.45, 7) is 3.59. The highest BCUT2D eigenvalue weighted by Gasteiger charge is 2.48. The lowest BCUT2D eigenvalue weighted by Gasteiger charge is -2.30. The van der Waals surface area contributed by atoms with E-state index < -0.39 is 39.7 Å². The number of carboxylic acid groups (broad SMARTS) is 1. The summed E-state index contributed by atoms with van der Waals surface area (Å²) in [5.74, 6) is -1.78. The Balaban J connectivity index is 1.68. The van der Waals surface area contributed by atoms with Crippen molar-refractivity contribution in [3.8, 4) is 17.2 Å². The van der Waals surface area contributed by atoms with E-state index in [0.717, 1.165) is 5.56 Å². The van der Waals surface area contributed by atoms with Gasteiger partial charge in [-0.05, 0) is 55.9 Å². The van der Waals surface area contributed by atoms with Crippen molar-refractivity contribution in [2.45, 2.75) is 25.3 Å². The number of methoxy groups -OCH3 is 1. The van der Waals surface area contributed by atoms with Crippen molar-refractivity contribution in [3.63, 3.8) is 0 Å². The zero-order valence-corrected chi connectivity index (χ0v) is 24.2. The Morgan fingerprint density at radius 2 is 1.82 bits per heavy atom. The summed E-state index contributed by atoms with van der Waals surface area (Å²) in [7, 11) is 1.49. The van der Waals surface area contributed by atoms with Gasteiger partial charge in [-0.3, -0.25) is 9.69 Å². The van der Waals surface area contributed by atoms with Crippen LogP contribution in [-0.4, -0.2) is 100 Å². The Morgan fingerprint density at radius 3 is 2.48 bits per heavy atom. The van der Waals surface area contributed by atoms with E-state index in [0.29, 0.717) is 43.1 Å². The number of likely N-dealkylation sites (tertiary alicyclic amines) is 1. The molecule has 1 fully saturated rings. The molecule has 0 bridgehead atoms. The molecule has 0 radical (unpaired) electrons. The standard InChI is InChI=1S/C28H38FN3O7S/c1-5-10-32(40(35,36)14-13-30(2)3)12-11-31-17-21(19-6-9-24-25(16-19)39-18-38-24)26(28(33)34)27(31)20-7-8-23(37-4)22(29)15-20/h6-9,15-16,21,26-27H,5,10-14,17-18H2,1-4H3,(H,33,34)/t21?,26-,27+/m0/s1. The van der Waals surface area contributed by atoms with Crippen LogP contribution in [0, 0.1) is 11.7 Å². The third kappa shape index (κ3) is 6.51. The second kappa shape index (κ2) is 12.7. The van der Waals surface area contributed by atoms with Gasteiger partial charge in [-0.25, -0.2) is 17.1 Å². The van der Waals surface area contributed by atoms with Crippen LogP contribution in [0.5, 0.6) is 17.2 Å². The molecular formula is C28H38FN3O7S. The molecule has 2 aliphatic heterocycles. The first-order valence-corrected chi connectivity index (χ1v) is 15.0. The maximum Gasteiger partial charge on any atom is 0.309 e.